The number of anilines is 1. The monoisotopic (exact) mass is 414 g/mol. The van der Waals surface area contributed by atoms with Crippen LogP contribution in [0.2, 0.25) is 5.15 Å². The highest BCUT2D eigenvalue weighted by Crippen LogP contribution is 2.26. The maximum Gasteiger partial charge on any atom is 0.260 e. The van der Waals surface area contributed by atoms with Crippen LogP contribution in [0.15, 0.2) is 48.0 Å². The summed E-state index contributed by atoms with van der Waals surface area (Å²) < 4.78 is 0. The average Bonchev–Trinajstić information content (AvgIpc) is 3.14. The van der Waals surface area contributed by atoms with Gasteiger partial charge in [0.05, 0.1) is 11.3 Å². The number of halogens is 1. The van der Waals surface area contributed by atoms with E-state index >= 15 is 0 Å². The van der Waals surface area contributed by atoms with Crippen molar-refractivity contribution in [2.75, 3.05) is 11.9 Å². The first-order chi connectivity index (χ1) is 13.5. The van der Waals surface area contributed by atoms with Crippen molar-refractivity contribution in [3.8, 4) is 11.3 Å². The van der Waals surface area contributed by atoms with E-state index in [1.54, 1.807) is 12.1 Å². The zero-order valence-corrected chi connectivity index (χ0v) is 16.8. The van der Waals surface area contributed by atoms with Crippen LogP contribution < -0.4 is 10.6 Å². The van der Waals surface area contributed by atoms with E-state index in [9.17, 15) is 9.59 Å². The van der Waals surface area contributed by atoms with Gasteiger partial charge in [-0.15, -0.1) is 11.3 Å². The molecule has 0 aliphatic rings. The quantitative estimate of drug-likeness (QED) is 0.448. The van der Waals surface area contributed by atoms with Gasteiger partial charge in [0.1, 0.15) is 5.15 Å². The van der Waals surface area contributed by atoms with Crippen molar-refractivity contribution in [2.45, 2.75) is 19.8 Å². The number of benzene rings is 1. The molecule has 1 aromatic carbocycles. The number of hydrogen-bond donors (Lipinski definition) is 2. The number of rotatable bonds is 7. The molecule has 0 bridgehead atoms. The van der Waals surface area contributed by atoms with Gasteiger partial charge in [0.15, 0.2) is 5.13 Å². The molecule has 28 heavy (non-hydrogen) atoms. The third-order valence-electron chi connectivity index (χ3n) is 3.99. The van der Waals surface area contributed by atoms with Gasteiger partial charge in [-0.1, -0.05) is 35.9 Å². The summed E-state index contributed by atoms with van der Waals surface area (Å²) in [7, 11) is 0. The number of nitrogens with one attached hydrogen (secondary N) is 2. The standard InChI is InChI=1S/C20H19ClN4O2S/c1-13(26)22-10-2-4-14-6-8-15(9-7-14)17-12-28-20(24-17)25-19(27)16-5-3-11-23-18(16)21/h3,5-9,11-12H,2,4,10H2,1H3,(H,22,26)(H,24,25,27). The SMILES string of the molecule is CC(=O)NCCCc1ccc(-c2csc(NC(=O)c3cccnc3Cl)n2)cc1. The summed E-state index contributed by atoms with van der Waals surface area (Å²) in [6, 6.07) is 11.4. The van der Waals surface area contributed by atoms with Gasteiger partial charge in [-0.05, 0) is 30.5 Å². The second-order valence-corrected chi connectivity index (χ2v) is 7.33. The molecule has 0 saturated carbocycles. The van der Waals surface area contributed by atoms with Crippen LogP contribution in [-0.4, -0.2) is 28.3 Å². The van der Waals surface area contributed by atoms with E-state index in [2.05, 4.69) is 32.7 Å². The predicted octanol–water partition coefficient (Wildman–Crippen LogP) is 4.18. The third kappa shape index (κ3) is 5.37. The summed E-state index contributed by atoms with van der Waals surface area (Å²) in [6.45, 7) is 2.19. The molecule has 0 aliphatic carbocycles. The smallest absolute Gasteiger partial charge is 0.260 e. The fourth-order valence-electron chi connectivity index (χ4n) is 2.58. The van der Waals surface area contributed by atoms with Gasteiger partial charge in [-0.2, -0.15) is 0 Å². The first-order valence-corrected chi connectivity index (χ1v) is 10.00. The maximum absolute atomic E-state index is 12.3. The van der Waals surface area contributed by atoms with Crippen molar-refractivity contribution in [2.24, 2.45) is 0 Å². The lowest BCUT2D eigenvalue weighted by Crippen LogP contribution is -2.21. The molecule has 0 spiro atoms. The molecule has 3 aromatic rings. The molecule has 6 nitrogen and oxygen atoms in total. The van der Waals surface area contributed by atoms with Crippen LogP contribution in [0, 0.1) is 0 Å². The molecule has 0 aliphatic heterocycles. The molecule has 0 saturated heterocycles. The zero-order valence-electron chi connectivity index (χ0n) is 15.2. The summed E-state index contributed by atoms with van der Waals surface area (Å²) in [6.07, 6.45) is 3.32. The lowest BCUT2D eigenvalue weighted by Gasteiger charge is -2.04. The molecule has 0 fully saturated rings. The van der Waals surface area contributed by atoms with Gasteiger partial charge in [0.2, 0.25) is 5.91 Å². The molecule has 2 aromatic heterocycles. The van der Waals surface area contributed by atoms with Crippen molar-refractivity contribution >= 4 is 39.9 Å². The number of aryl methyl sites for hydroxylation is 1. The minimum absolute atomic E-state index is 0.00688. The van der Waals surface area contributed by atoms with Gasteiger partial charge < -0.3 is 5.32 Å². The molecule has 2 amide bonds. The van der Waals surface area contributed by atoms with E-state index in [0.29, 0.717) is 17.2 Å². The highest BCUT2D eigenvalue weighted by Gasteiger charge is 2.13. The zero-order chi connectivity index (χ0) is 19.9. The lowest BCUT2D eigenvalue weighted by molar-refractivity contribution is -0.118. The summed E-state index contributed by atoms with van der Waals surface area (Å²) >= 11 is 7.30. The van der Waals surface area contributed by atoms with E-state index in [0.717, 1.165) is 24.1 Å². The summed E-state index contributed by atoms with van der Waals surface area (Å²) in [5.74, 6) is -0.346. The second-order valence-electron chi connectivity index (χ2n) is 6.12. The molecular formula is C20H19ClN4O2S. The Labute approximate surface area is 172 Å². The van der Waals surface area contributed by atoms with Crippen molar-refractivity contribution in [1.29, 1.82) is 0 Å². The van der Waals surface area contributed by atoms with Crippen LogP contribution in [0.5, 0.6) is 0 Å². The Bertz CT molecular complexity index is 972. The molecule has 144 valence electrons. The molecule has 3 rings (SSSR count). The van der Waals surface area contributed by atoms with E-state index in [4.69, 9.17) is 11.6 Å². The maximum atomic E-state index is 12.3. The van der Waals surface area contributed by atoms with Gasteiger partial charge in [-0.25, -0.2) is 9.97 Å². The molecule has 0 radical (unpaired) electrons. The molecular weight excluding hydrogens is 396 g/mol. The largest absolute Gasteiger partial charge is 0.356 e. The minimum Gasteiger partial charge on any atom is -0.356 e. The van der Waals surface area contributed by atoms with Crippen LogP contribution in [0.4, 0.5) is 5.13 Å². The second kappa shape index (κ2) is 9.43. The van der Waals surface area contributed by atoms with E-state index in [1.807, 2.05) is 17.5 Å². The summed E-state index contributed by atoms with van der Waals surface area (Å²) in [5.41, 5.74) is 3.28. The number of hydrogen-bond acceptors (Lipinski definition) is 5. The van der Waals surface area contributed by atoms with E-state index in [1.165, 1.54) is 30.0 Å². The van der Waals surface area contributed by atoms with Crippen molar-refractivity contribution in [1.82, 2.24) is 15.3 Å². The molecule has 0 unspecified atom stereocenters. The van der Waals surface area contributed by atoms with Crippen LogP contribution >= 0.6 is 22.9 Å². The van der Waals surface area contributed by atoms with E-state index < -0.39 is 0 Å². The number of pyridine rings is 1. The van der Waals surface area contributed by atoms with Gasteiger partial charge in [-0.3, -0.25) is 14.9 Å². The van der Waals surface area contributed by atoms with Crippen LogP contribution in [0.25, 0.3) is 11.3 Å². The highest BCUT2D eigenvalue weighted by molar-refractivity contribution is 7.14. The normalized spacial score (nSPS) is 10.5. The average molecular weight is 415 g/mol. The Balaban J connectivity index is 1.60. The van der Waals surface area contributed by atoms with Gasteiger partial charge in [0.25, 0.3) is 5.91 Å². The number of amides is 2. The van der Waals surface area contributed by atoms with Crippen molar-refractivity contribution in [3.05, 3.63) is 64.3 Å². The number of carbonyl (C=O) groups is 2. The summed E-state index contributed by atoms with van der Waals surface area (Å²) in [4.78, 5) is 31.5. The fraction of sp³-hybridized carbons (Fsp3) is 0.200. The van der Waals surface area contributed by atoms with E-state index in [-0.39, 0.29) is 17.0 Å². The third-order valence-corrected chi connectivity index (χ3v) is 5.05. The molecule has 2 heterocycles. The van der Waals surface area contributed by atoms with Crippen LogP contribution in [-0.2, 0) is 11.2 Å². The Morgan fingerprint density at radius 1 is 1.18 bits per heavy atom. The molecule has 8 heteroatoms. The Morgan fingerprint density at radius 3 is 2.68 bits per heavy atom. The van der Waals surface area contributed by atoms with Crippen LogP contribution in [0.1, 0.15) is 29.3 Å². The van der Waals surface area contributed by atoms with Gasteiger partial charge in [0, 0.05) is 30.6 Å². The number of carbonyl (C=O) groups excluding carboxylic acids is 2. The predicted molar refractivity (Wildman–Crippen MR) is 112 cm³/mol. The minimum atomic E-state index is -0.339. The number of aromatic nitrogens is 2. The Kier molecular flexibility index (Phi) is 6.73. The fourth-order valence-corrected chi connectivity index (χ4v) is 3.50. The van der Waals surface area contributed by atoms with Crippen molar-refractivity contribution in [3.63, 3.8) is 0 Å². The number of thiazole rings is 1. The molecule has 2 N–H and O–H groups in total. The Morgan fingerprint density at radius 2 is 1.96 bits per heavy atom. The molecule has 0 atom stereocenters. The number of nitrogens with zero attached hydrogens (tertiary/aromatic N) is 2. The van der Waals surface area contributed by atoms with Crippen molar-refractivity contribution < 1.29 is 9.59 Å². The van der Waals surface area contributed by atoms with Crippen LogP contribution in [0.3, 0.4) is 0 Å². The first-order valence-electron chi connectivity index (χ1n) is 8.74. The first kappa shape index (κ1) is 20.0. The summed E-state index contributed by atoms with van der Waals surface area (Å²) in [5, 5.41) is 8.10. The highest BCUT2D eigenvalue weighted by atomic mass is 35.5. The topological polar surface area (TPSA) is 84.0 Å². The lowest BCUT2D eigenvalue weighted by atomic mass is 10.1. The Hall–Kier alpha value is -2.77. The van der Waals surface area contributed by atoms with Gasteiger partial charge >= 0.3 is 0 Å².